The van der Waals surface area contributed by atoms with Gasteiger partial charge in [0.05, 0.1) is 31.1 Å². The van der Waals surface area contributed by atoms with Gasteiger partial charge in [-0.25, -0.2) is 4.79 Å². The minimum atomic E-state index is -0.294. The fraction of sp³-hybridized carbons (Fsp3) is 0.469. The maximum atomic E-state index is 11.9. The molecule has 8 heteroatoms. The molecule has 2 amide bonds. The SMILES string of the molecule is C=C(C)C(=O)OCCCCCCCCCCCOc1ccc(N=NCc2ccc(N3C(=O)CCC3=O)cc2)cc1. The van der Waals surface area contributed by atoms with E-state index in [1.165, 1.54) is 37.0 Å². The molecule has 1 saturated heterocycles. The summed E-state index contributed by atoms with van der Waals surface area (Å²) in [6.45, 7) is 6.84. The molecular formula is C32H41N3O5. The number of hydrogen-bond acceptors (Lipinski definition) is 7. The van der Waals surface area contributed by atoms with E-state index in [2.05, 4.69) is 16.8 Å². The molecule has 0 saturated carbocycles. The van der Waals surface area contributed by atoms with Gasteiger partial charge in [0.2, 0.25) is 11.8 Å². The van der Waals surface area contributed by atoms with Gasteiger partial charge < -0.3 is 9.47 Å². The number of azo groups is 1. The van der Waals surface area contributed by atoms with Gasteiger partial charge in [-0.05, 0) is 61.7 Å². The third-order valence-corrected chi connectivity index (χ3v) is 6.66. The second-order valence-corrected chi connectivity index (χ2v) is 10.1. The second kappa shape index (κ2) is 17.0. The van der Waals surface area contributed by atoms with Crippen LogP contribution in [0.5, 0.6) is 5.75 Å². The van der Waals surface area contributed by atoms with Crippen LogP contribution in [0.15, 0.2) is 70.9 Å². The number of benzene rings is 2. The summed E-state index contributed by atoms with van der Waals surface area (Å²) in [5.41, 5.74) is 2.76. The van der Waals surface area contributed by atoms with Crippen molar-refractivity contribution in [3.8, 4) is 5.75 Å². The summed E-state index contributed by atoms with van der Waals surface area (Å²) < 4.78 is 11.0. The van der Waals surface area contributed by atoms with Gasteiger partial charge in [0.1, 0.15) is 5.75 Å². The number of anilines is 1. The molecule has 0 N–H and O–H groups in total. The minimum Gasteiger partial charge on any atom is -0.494 e. The van der Waals surface area contributed by atoms with Crippen molar-refractivity contribution in [2.75, 3.05) is 18.1 Å². The maximum Gasteiger partial charge on any atom is 0.333 e. The number of carbonyl (C=O) groups is 3. The first-order valence-corrected chi connectivity index (χ1v) is 14.3. The molecule has 0 radical (unpaired) electrons. The van der Waals surface area contributed by atoms with Crippen LogP contribution in [0.1, 0.15) is 83.1 Å². The van der Waals surface area contributed by atoms with Crippen molar-refractivity contribution < 1.29 is 23.9 Å². The van der Waals surface area contributed by atoms with Crippen LogP contribution in [-0.4, -0.2) is 31.0 Å². The number of unbranched alkanes of at least 4 members (excludes halogenated alkanes) is 8. The van der Waals surface area contributed by atoms with Crippen molar-refractivity contribution in [3.63, 3.8) is 0 Å². The monoisotopic (exact) mass is 547 g/mol. The largest absolute Gasteiger partial charge is 0.494 e. The van der Waals surface area contributed by atoms with Crippen molar-refractivity contribution in [1.82, 2.24) is 0 Å². The summed E-state index contributed by atoms with van der Waals surface area (Å²) in [5.74, 6) is 0.232. The highest BCUT2D eigenvalue weighted by molar-refractivity contribution is 6.19. The Morgan fingerprint density at radius 1 is 0.800 bits per heavy atom. The Morgan fingerprint density at radius 2 is 1.35 bits per heavy atom. The Labute approximate surface area is 237 Å². The number of carbonyl (C=O) groups excluding carboxylic acids is 3. The van der Waals surface area contributed by atoms with E-state index in [1.807, 2.05) is 36.4 Å². The van der Waals surface area contributed by atoms with E-state index in [9.17, 15) is 14.4 Å². The highest BCUT2D eigenvalue weighted by Crippen LogP contribution is 2.24. The molecule has 1 aliphatic heterocycles. The molecule has 1 aliphatic rings. The number of rotatable bonds is 18. The van der Waals surface area contributed by atoms with Crippen LogP contribution < -0.4 is 9.64 Å². The molecule has 0 aromatic heterocycles. The number of ether oxygens (including phenoxy) is 2. The number of hydrogen-bond donors (Lipinski definition) is 0. The highest BCUT2D eigenvalue weighted by atomic mass is 16.5. The van der Waals surface area contributed by atoms with Gasteiger partial charge in [-0.1, -0.05) is 63.7 Å². The fourth-order valence-corrected chi connectivity index (χ4v) is 4.34. The van der Waals surface area contributed by atoms with Gasteiger partial charge in [-0.15, -0.1) is 0 Å². The summed E-state index contributed by atoms with van der Waals surface area (Å²) in [6.07, 6.45) is 10.9. The van der Waals surface area contributed by atoms with Crippen molar-refractivity contribution in [1.29, 1.82) is 0 Å². The van der Waals surface area contributed by atoms with Crippen LogP contribution in [0.4, 0.5) is 11.4 Å². The van der Waals surface area contributed by atoms with E-state index < -0.39 is 0 Å². The van der Waals surface area contributed by atoms with Crippen molar-refractivity contribution in [2.45, 2.75) is 84.1 Å². The van der Waals surface area contributed by atoms with E-state index in [1.54, 1.807) is 19.1 Å². The fourth-order valence-electron chi connectivity index (χ4n) is 4.34. The lowest BCUT2D eigenvalue weighted by atomic mass is 10.1. The molecule has 0 unspecified atom stereocenters. The lowest BCUT2D eigenvalue weighted by Crippen LogP contribution is -2.28. The zero-order valence-corrected chi connectivity index (χ0v) is 23.6. The summed E-state index contributed by atoms with van der Waals surface area (Å²) in [6, 6.07) is 14.9. The Balaban J connectivity index is 1.20. The molecule has 40 heavy (non-hydrogen) atoms. The zero-order valence-electron chi connectivity index (χ0n) is 23.6. The maximum absolute atomic E-state index is 11.9. The second-order valence-electron chi connectivity index (χ2n) is 10.1. The molecule has 3 rings (SSSR count). The lowest BCUT2D eigenvalue weighted by molar-refractivity contribution is -0.139. The molecule has 8 nitrogen and oxygen atoms in total. The van der Waals surface area contributed by atoms with Crippen LogP contribution in [0.3, 0.4) is 0 Å². The topological polar surface area (TPSA) is 97.6 Å². The molecule has 1 fully saturated rings. The van der Waals surface area contributed by atoms with Crippen LogP contribution in [0.25, 0.3) is 0 Å². The number of nitrogens with zero attached hydrogens (tertiary/aromatic N) is 3. The van der Waals surface area contributed by atoms with Gasteiger partial charge in [-0.3, -0.25) is 14.5 Å². The van der Waals surface area contributed by atoms with E-state index >= 15 is 0 Å². The van der Waals surface area contributed by atoms with Crippen LogP contribution >= 0.6 is 0 Å². The summed E-state index contributed by atoms with van der Waals surface area (Å²) in [4.78, 5) is 36.3. The van der Waals surface area contributed by atoms with E-state index in [-0.39, 0.29) is 30.6 Å². The normalized spacial score (nSPS) is 13.3. The highest BCUT2D eigenvalue weighted by Gasteiger charge is 2.29. The van der Waals surface area contributed by atoms with Gasteiger partial charge in [-0.2, -0.15) is 10.2 Å². The molecule has 1 heterocycles. The Kier molecular flexibility index (Phi) is 13.1. The summed E-state index contributed by atoms with van der Waals surface area (Å²) in [5, 5.41) is 8.54. The van der Waals surface area contributed by atoms with Gasteiger partial charge in [0.25, 0.3) is 0 Å². The van der Waals surface area contributed by atoms with Crippen molar-refractivity contribution >= 4 is 29.2 Å². The number of amides is 2. The third-order valence-electron chi connectivity index (χ3n) is 6.66. The smallest absolute Gasteiger partial charge is 0.333 e. The Morgan fingerprint density at radius 3 is 1.93 bits per heavy atom. The number of imide groups is 1. The molecule has 0 spiro atoms. The van der Waals surface area contributed by atoms with Gasteiger partial charge >= 0.3 is 5.97 Å². The Hall–Kier alpha value is -3.81. The van der Waals surface area contributed by atoms with E-state index in [0.717, 1.165) is 42.7 Å². The quantitative estimate of drug-likeness (QED) is 0.0628. The molecule has 2 aromatic rings. The standard InChI is InChI=1S/C32H41N3O5/c1-25(2)32(38)40-23-11-9-7-5-3-4-6-8-10-22-39-29-18-14-27(15-19-29)34-33-24-26-12-16-28(17-13-26)35-30(36)20-21-31(35)37/h12-19H,1,3-11,20-24H2,2H3. The van der Waals surface area contributed by atoms with Crippen LogP contribution in [-0.2, 0) is 25.7 Å². The molecule has 214 valence electrons. The first-order chi connectivity index (χ1) is 19.4. The van der Waals surface area contributed by atoms with E-state index in [4.69, 9.17) is 9.47 Å². The molecular weight excluding hydrogens is 506 g/mol. The molecule has 0 atom stereocenters. The van der Waals surface area contributed by atoms with Gasteiger partial charge in [0.15, 0.2) is 0 Å². The zero-order chi connectivity index (χ0) is 28.6. The lowest BCUT2D eigenvalue weighted by Gasteiger charge is -2.13. The first kappa shape index (κ1) is 30.7. The predicted octanol–water partition coefficient (Wildman–Crippen LogP) is 7.63. The van der Waals surface area contributed by atoms with Gasteiger partial charge in [0, 0.05) is 18.4 Å². The first-order valence-electron chi connectivity index (χ1n) is 14.3. The predicted molar refractivity (Wildman–Crippen MR) is 156 cm³/mol. The molecule has 0 bridgehead atoms. The third kappa shape index (κ3) is 10.8. The number of esters is 1. The van der Waals surface area contributed by atoms with E-state index in [0.29, 0.717) is 31.0 Å². The summed E-state index contributed by atoms with van der Waals surface area (Å²) >= 11 is 0. The average Bonchev–Trinajstić information content (AvgIpc) is 3.29. The molecule has 2 aromatic carbocycles. The van der Waals surface area contributed by atoms with Crippen LogP contribution in [0, 0.1) is 0 Å². The minimum absolute atomic E-state index is 0.151. The Bertz CT molecular complexity index is 1130. The summed E-state index contributed by atoms with van der Waals surface area (Å²) in [7, 11) is 0. The average molecular weight is 548 g/mol. The van der Waals surface area contributed by atoms with Crippen molar-refractivity contribution in [3.05, 3.63) is 66.2 Å². The molecule has 0 aliphatic carbocycles. The van der Waals surface area contributed by atoms with Crippen LogP contribution in [0.2, 0.25) is 0 Å². The van der Waals surface area contributed by atoms with Crippen molar-refractivity contribution in [2.24, 2.45) is 10.2 Å².